The molecule has 3 fully saturated rings. The summed E-state index contributed by atoms with van der Waals surface area (Å²) in [5.74, 6) is -0.00529. The van der Waals surface area contributed by atoms with E-state index in [1.54, 1.807) is 12.1 Å². The summed E-state index contributed by atoms with van der Waals surface area (Å²) < 4.78 is 13.1. The number of hydrogen-bond donors (Lipinski definition) is 3. The number of nitrogens with one attached hydrogen (secondary N) is 3. The van der Waals surface area contributed by atoms with Crippen LogP contribution in [0.1, 0.15) is 55.3 Å². The fraction of sp³-hybridized carbons (Fsp3) is 0.619. The molecule has 3 N–H and O–H groups in total. The van der Waals surface area contributed by atoms with E-state index in [0.29, 0.717) is 24.1 Å². The van der Waals surface area contributed by atoms with E-state index in [-0.39, 0.29) is 29.7 Å². The Morgan fingerprint density at radius 1 is 1.04 bits per heavy atom. The molecule has 2 amide bonds. The number of nitrogens with zero attached hydrogens (tertiary/aromatic N) is 1. The van der Waals surface area contributed by atoms with Crippen LogP contribution >= 0.6 is 0 Å². The van der Waals surface area contributed by atoms with Crippen molar-refractivity contribution in [2.45, 2.75) is 63.1 Å². The second-order valence-corrected chi connectivity index (χ2v) is 8.33. The first kappa shape index (κ1) is 19.3. The Hall–Kier alpha value is -1.99. The van der Waals surface area contributed by atoms with Crippen molar-refractivity contribution in [3.05, 3.63) is 35.6 Å². The predicted molar refractivity (Wildman–Crippen MR) is 104 cm³/mol. The number of piperidine rings is 1. The maximum absolute atomic E-state index is 13.1. The fourth-order valence-corrected chi connectivity index (χ4v) is 4.73. The number of rotatable bonds is 4. The minimum Gasteiger partial charge on any atom is -0.352 e. The van der Waals surface area contributed by atoms with E-state index >= 15 is 0 Å². The van der Waals surface area contributed by atoms with Gasteiger partial charge < -0.3 is 10.2 Å². The van der Waals surface area contributed by atoms with Gasteiger partial charge in [-0.2, -0.15) is 0 Å². The van der Waals surface area contributed by atoms with E-state index in [1.807, 2.05) is 4.90 Å². The molecule has 1 aromatic carbocycles. The van der Waals surface area contributed by atoms with Crippen LogP contribution in [0.4, 0.5) is 4.39 Å². The highest BCUT2D eigenvalue weighted by molar-refractivity contribution is 5.94. The average Bonchev–Trinajstić information content (AvgIpc) is 3.40. The van der Waals surface area contributed by atoms with Crippen molar-refractivity contribution < 1.29 is 14.0 Å². The quantitative estimate of drug-likeness (QED) is 0.737. The van der Waals surface area contributed by atoms with E-state index in [0.717, 1.165) is 38.6 Å². The standard InChI is InChI=1S/C21H29FN4O2/c22-16-9-7-14(8-10-16)21(28)26-11-3-4-15(13-26)18-12-19(25-24-18)20(27)23-17-5-1-2-6-17/h7-10,15,17-19,24-25H,1-6,11-13H2,(H,23,27). The molecule has 3 aliphatic rings. The van der Waals surface area contributed by atoms with E-state index < -0.39 is 0 Å². The van der Waals surface area contributed by atoms with Crippen LogP contribution < -0.4 is 16.2 Å². The number of carbonyl (C=O) groups is 2. The van der Waals surface area contributed by atoms with Crippen LogP contribution in [-0.2, 0) is 4.79 Å². The number of amides is 2. The number of carbonyl (C=O) groups excluding carboxylic acids is 2. The van der Waals surface area contributed by atoms with E-state index in [4.69, 9.17) is 0 Å². The molecular formula is C21H29FN4O2. The summed E-state index contributed by atoms with van der Waals surface area (Å²) in [6, 6.07) is 6.01. The third-order valence-corrected chi connectivity index (χ3v) is 6.36. The van der Waals surface area contributed by atoms with Crippen molar-refractivity contribution in [1.29, 1.82) is 0 Å². The molecule has 1 aromatic rings. The van der Waals surface area contributed by atoms with Gasteiger partial charge in [-0.15, -0.1) is 0 Å². The molecular weight excluding hydrogens is 359 g/mol. The van der Waals surface area contributed by atoms with Crippen molar-refractivity contribution in [3.63, 3.8) is 0 Å². The minimum absolute atomic E-state index is 0.0498. The molecule has 28 heavy (non-hydrogen) atoms. The SMILES string of the molecule is O=C(NC1CCCC1)C1CC(C2CCCN(C(=O)c3ccc(F)cc3)C2)NN1. The highest BCUT2D eigenvalue weighted by Gasteiger charge is 2.37. The van der Waals surface area contributed by atoms with Crippen molar-refractivity contribution in [2.24, 2.45) is 5.92 Å². The monoisotopic (exact) mass is 388 g/mol. The van der Waals surface area contributed by atoms with Crippen molar-refractivity contribution in [2.75, 3.05) is 13.1 Å². The summed E-state index contributed by atoms with van der Waals surface area (Å²) in [6.45, 7) is 1.38. The largest absolute Gasteiger partial charge is 0.352 e. The molecule has 0 spiro atoms. The zero-order valence-corrected chi connectivity index (χ0v) is 16.1. The highest BCUT2D eigenvalue weighted by atomic mass is 19.1. The zero-order chi connectivity index (χ0) is 19.5. The Labute approximate surface area is 165 Å². The molecule has 152 valence electrons. The van der Waals surface area contributed by atoms with Gasteiger partial charge in [-0.1, -0.05) is 12.8 Å². The van der Waals surface area contributed by atoms with Gasteiger partial charge in [0.1, 0.15) is 11.9 Å². The number of hydrazine groups is 1. The van der Waals surface area contributed by atoms with Gasteiger partial charge in [0.05, 0.1) is 0 Å². The first-order chi connectivity index (χ1) is 13.6. The molecule has 1 saturated carbocycles. The van der Waals surface area contributed by atoms with Crippen molar-refractivity contribution >= 4 is 11.8 Å². The maximum atomic E-state index is 13.1. The first-order valence-electron chi connectivity index (χ1n) is 10.5. The molecule has 4 rings (SSSR count). The van der Waals surface area contributed by atoms with E-state index in [2.05, 4.69) is 16.2 Å². The summed E-state index contributed by atoms with van der Waals surface area (Å²) in [6.07, 6.45) is 7.27. The third kappa shape index (κ3) is 4.36. The van der Waals surface area contributed by atoms with Crippen LogP contribution in [0.2, 0.25) is 0 Å². The van der Waals surface area contributed by atoms with Crippen LogP contribution in [0.25, 0.3) is 0 Å². The number of likely N-dealkylation sites (tertiary alicyclic amines) is 1. The lowest BCUT2D eigenvalue weighted by Gasteiger charge is -2.35. The van der Waals surface area contributed by atoms with Gasteiger partial charge in [0.25, 0.3) is 5.91 Å². The molecule has 1 aliphatic carbocycles. The Bertz CT molecular complexity index is 705. The highest BCUT2D eigenvalue weighted by Crippen LogP contribution is 2.26. The molecule has 2 heterocycles. The van der Waals surface area contributed by atoms with Gasteiger partial charge in [0.15, 0.2) is 0 Å². The molecule has 2 saturated heterocycles. The van der Waals surface area contributed by atoms with Crippen LogP contribution in [0.5, 0.6) is 0 Å². The molecule has 0 aromatic heterocycles. The van der Waals surface area contributed by atoms with E-state index in [1.165, 1.54) is 25.0 Å². The maximum Gasteiger partial charge on any atom is 0.253 e. The summed E-state index contributed by atoms with van der Waals surface area (Å²) >= 11 is 0. The molecule has 6 nitrogen and oxygen atoms in total. The normalized spacial score (nSPS) is 28.5. The van der Waals surface area contributed by atoms with Crippen LogP contribution in [0, 0.1) is 11.7 Å². The van der Waals surface area contributed by atoms with Crippen LogP contribution in [0.15, 0.2) is 24.3 Å². The van der Waals surface area contributed by atoms with Crippen molar-refractivity contribution in [3.8, 4) is 0 Å². The van der Waals surface area contributed by atoms with Crippen LogP contribution in [-0.4, -0.2) is 47.9 Å². The lowest BCUT2D eigenvalue weighted by molar-refractivity contribution is -0.123. The van der Waals surface area contributed by atoms with E-state index in [9.17, 15) is 14.0 Å². The number of halogens is 1. The summed E-state index contributed by atoms with van der Waals surface area (Å²) in [5.41, 5.74) is 6.96. The Balaban J connectivity index is 1.31. The fourth-order valence-electron chi connectivity index (χ4n) is 4.73. The molecule has 0 bridgehead atoms. The molecule has 2 aliphatic heterocycles. The molecule has 3 atom stereocenters. The Kier molecular flexibility index (Phi) is 5.92. The first-order valence-corrected chi connectivity index (χ1v) is 10.5. The number of benzene rings is 1. The summed E-state index contributed by atoms with van der Waals surface area (Å²) in [4.78, 5) is 27.1. The van der Waals surface area contributed by atoms with Gasteiger partial charge in [-0.3, -0.25) is 15.0 Å². The average molecular weight is 388 g/mol. The number of hydrogen-bond acceptors (Lipinski definition) is 4. The topological polar surface area (TPSA) is 73.5 Å². The lowest BCUT2D eigenvalue weighted by atomic mass is 9.88. The Morgan fingerprint density at radius 2 is 1.79 bits per heavy atom. The zero-order valence-electron chi connectivity index (χ0n) is 16.1. The van der Waals surface area contributed by atoms with Gasteiger partial charge in [-0.05, 0) is 62.3 Å². The molecule has 3 unspecified atom stereocenters. The van der Waals surface area contributed by atoms with Crippen LogP contribution in [0.3, 0.4) is 0 Å². The van der Waals surface area contributed by atoms with Gasteiger partial charge >= 0.3 is 0 Å². The second-order valence-electron chi connectivity index (χ2n) is 8.33. The Morgan fingerprint density at radius 3 is 2.54 bits per heavy atom. The van der Waals surface area contributed by atoms with Gasteiger partial charge in [-0.25, -0.2) is 9.82 Å². The second kappa shape index (κ2) is 8.57. The molecule has 0 radical (unpaired) electrons. The summed E-state index contributed by atoms with van der Waals surface area (Å²) in [7, 11) is 0. The summed E-state index contributed by atoms with van der Waals surface area (Å²) in [5, 5.41) is 3.16. The lowest BCUT2D eigenvalue weighted by Crippen LogP contribution is -2.48. The van der Waals surface area contributed by atoms with Gasteiger partial charge in [0, 0.05) is 30.7 Å². The predicted octanol–water partition coefficient (Wildman–Crippen LogP) is 1.97. The minimum atomic E-state index is -0.337. The third-order valence-electron chi connectivity index (χ3n) is 6.36. The molecule has 7 heteroatoms. The smallest absolute Gasteiger partial charge is 0.253 e. The van der Waals surface area contributed by atoms with Gasteiger partial charge in [0.2, 0.25) is 5.91 Å². The van der Waals surface area contributed by atoms with Crippen molar-refractivity contribution in [1.82, 2.24) is 21.1 Å².